The van der Waals surface area contributed by atoms with Crippen LogP contribution in [0.3, 0.4) is 0 Å². The number of carbonyl (C=O) groups excluding carboxylic acids is 1. The van der Waals surface area contributed by atoms with Crippen LogP contribution in [-0.2, 0) is 4.79 Å². The predicted molar refractivity (Wildman–Crippen MR) is 66.1 cm³/mol. The van der Waals surface area contributed by atoms with E-state index in [9.17, 15) is 4.79 Å². The van der Waals surface area contributed by atoms with Gasteiger partial charge in [0.2, 0.25) is 5.91 Å². The van der Waals surface area contributed by atoms with Crippen LogP contribution >= 0.6 is 11.8 Å². The highest BCUT2D eigenvalue weighted by atomic mass is 32.2. The highest BCUT2D eigenvalue weighted by Crippen LogP contribution is 2.09. The second kappa shape index (κ2) is 7.77. The molecule has 1 saturated heterocycles. The number of amides is 1. The second-order valence-corrected chi connectivity index (χ2v) is 4.85. The summed E-state index contributed by atoms with van der Waals surface area (Å²) in [5.74, 6) is 2.32. The molecule has 0 aromatic rings. The smallest absolute Gasteiger partial charge is 0.224 e. The Hall–Kier alpha value is -0.480. The third-order valence-electron chi connectivity index (χ3n) is 2.45. The molecule has 15 heavy (non-hydrogen) atoms. The lowest BCUT2D eigenvalue weighted by Gasteiger charge is -2.21. The molecule has 1 atom stereocenters. The molecule has 2 N–H and O–H groups in total. The van der Waals surface area contributed by atoms with Gasteiger partial charge in [0, 0.05) is 24.6 Å². The van der Waals surface area contributed by atoms with Gasteiger partial charge in [-0.25, -0.2) is 0 Å². The third kappa shape index (κ3) is 5.23. The minimum Gasteiger partial charge on any atom is -0.355 e. The summed E-state index contributed by atoms with van der Waals surface area (Å²) in [7, 11) is 0. The van der Waals surface area contributed by atoms with E-state index in [0.717, 1.165) is 44.0 Å². The monoisotopic (exact) mass is 228 g/mol. The van der Waals surface area contributed by atoms with Gasteiger partial charge in [-0.3, -0.25) is 4.79 Å². The maximum absolute atomic E-state index is 11.7. The van der Waals surface area contributed by atoms with Crippen LogP contribution in [0.2, 0.25) is 0 Å². The molecule has 0 spiro atoms. The first-order chi connectivity index (χ1) is 7.34. The zero-order valence-electron chi connectivity index (χ0n) is 9.13. The molecule has 0 aromatic heterocycles. The largest absolute Gasteiger partial charge is 0.355 e. The summed E-state index contributed by atoms with van der Waals surface area (Å²) < 4.78 is 0. The molecular formula is C11H20N2OS. The van der Waals surface area contributed by atoms with E-state index < -0.39 is 0 Å². The summed E-state index contributed by atoms with van der Waals surface area (Å²) >= 11 is 1.79. The Kier molecular flexibility index (Phi) is 6.52. The van der Waals surface area contributed by atoms with Gasteiger partial charge in [-0.1, -0.05) is 6.08 Å². The topological polar surface area (TPSA) is 41.1 Å². The number of nitrogens with one attached hydrogen (secondary N) is 2. The highest BCUT2D eigenvalue weighted by Gasteiger charge is 2.19. The van der Waals surface area contributed by atoms with Gasteiger partial charge in [0.1, 0.15) is 0 Å². The van der Waals surface area contributed by atoms with Crippen molar-refractivity contribution in [3.63, 3.8) is 0 Å². The average Bonchev–Trinajstić information content (AvgIpc) is 2.30. The first kappa shape index (κ1) is 12.6. The lowest BCUT2D eigenvalue weighted by atomic mass is 9.99. The maximum Gasteiger partial charge on any atom is 0.224 e. The van der Waals surface area contributed by atoms with E-state index in [2.05, 4.69) is 17.2 Å². The number of piperidine rings is 1. The predicted octanol–water partition coefficient (Wildman–Crippen LogP) is 1.02. The molecule has 0 bridgehead atoms. The van der Waals surface area contributed by atoms with Crippen LogP contribution in [0.15, 0.2) is 12.7 Å². The van der Waals surface area contributed by atoms with Crippen LogP contribution in [0.4, 0.5) is 0 Å². The third-order valence-corrected chi connectivity index (χ3v) is 3.41. The zero-order valence-corrected chi connectivity index (χ0v) is 9.94. The van der Waals surface area contributed by atoms with Gasteiger partial charge in [-0.2, -0.15) is 11.8 Å². The molecule has 1 unspecified atom stereocenters. The van der Waals surface area contributed by atoms with Gasteiger partial charge >= 0.3 is 0 Å². The number of hydrogen-bond donors (Lipinski definition) is 2. The molecule has 0 saturated carbocycles. The fourth-order valence-corrected chi connectivity index (χ4v) is 2.21. The summed E-state index contributed by atoms with van der Waals surface area (Å²) in [5, 5.41) is 6.22. The van der Waals surface area contributed by atoms with Gasteiger partial charge < -0.3 is 10.6 Å². The molecule has 4 heteroatoms. The van der Waals surface area contributed by atoms with E-state index in [0.29, 0.717) is 0 Å². The van der Waals surface area contributed by atoms with Gasteiger partial charge in [0.25, 0.3) is 0 Å². The number of hydrogen-bond acceptors (Lipinski definition) is 3. The van der Waals surface area contributed by atoms with Crippen LogP contribution in [-0.4, -0.2) is 37.0 Å². The number of thioether (sulfide) groups is 1. The Balaban J connectivity index is 2.04. The minimum absolute atomic E-state index is 0.183. The molecule has 1 fully saturated rings. The van der Waals surface area contributed by atoms with Crippen molar-refractivity contribution in [3.05, 3.63) is 12.7 Å². The SMILES string of the molecule is C=CCSCCNC(=O)C1CCCNC1. The van der Waals surface area contributed by atoms with E-state index in [-0.39, 0.29) is 11.8 Å². The summed E-state index contributed by atoms with van der Waals surface area (Å²) in [6.07, 6.45) is 4.03. The maximum atomic E-state index is 11.7. The Labute approximate surface area is 96.1 Å². The molecule has 0 radical (unpaired) electrons. The normalized spacial score (nSPS) is 20.9. The molecular weight excluding hydrogens is 208 g/mol. The summed E-state index contributed by atoms with van der Waals surface area (Å²) in [5.41, 5.74) is 0. The summed E-state index contributed by atoms with van der Waals surface area (Å²) in [4.78, 5) is 11.7. The van der Waals surface area contributed by atoms with Crippen LogP contribution < -0.4 is 10.6 Å². The van der Waals surface area contributed by atoms with Gasteiger partial charge in [-0.05, 0) is 19.4 Å². The standard InChI is InChI=1S/C11H20N2OS/c1-2-7-15-8-6-13-11(14)10-4-3-5-12-9-10/h2,10,12H,1,3-9H2,(H,13,14). The van der Waals surface area contributed by atoms with Crippen molar-refractivity contribution in [2.75, 3.05) is 31.1 Å². The Morgan fingerprint density at radius 2 is 2.53 bits per heavy atom. The Bertz CT molecular complexity index is 203. The highest BCUT2D eigenvalue weighted by molar-refractivity contribution is 7.99. The summed E-state index contributed by atoms with van der Waals surface area (Å²) in [6.45, 7) is 6.32. The molecule has 1 rings (SSSR count). The van der Waals surface area contributed by atoms with Crippen molar-refractivity contribution in [2.45, 2.75) is 12.8 Å². The molecule has 1 aliphatic rings. The molecule has 3 nitrogen and oxygen atoms in total. The van der Waals surface area contributed by atoms with E-state index in [1.807, 2.05) is 6.08 Å². The molecule has 86 valence electrons. The van der Waals surface area contributed by atoms with Crippen LogP contribution in [0, 0.1) is 5.92 Å². The van der Waals surface area contributed by atoms with Gasteiger partial charge in [0.05, 0.1) is 5.92 Å². The Morgan fingerprint density at radius 3 is 3.20 bits per heavy atom. The average molecular weight is 228 g/mol. The lowest BCUT2D eigenvalue weighted by Crippen LogP contribution is -2.41. The fraction of sp³-hybridized carbons (Fsp3) is 0.727. The lowest BCUT2D eigenvalue weighted by molar-refractivity contribution is -0.125. The van der Waals surface area contributed by atoms with E-state index >= 15 is 0 Å². The molecule has 1 amide bonds. The van der Waals surface area contributed by atoms with Crippen molar-refractivity contribution < 1.29 is 4.79 Å². The fourth-order valence-electron chi connectivity index (χ4n) is 1.63. The molecule has 1 heterocycles. The minimum atomic E-state index is 0.183. The molecule has 0 aliphatic carbocycles. The first-order valence-electron chi connectivity index (χ1n) is 5.51. The van der Waals surface area contributed by atoms with Crippen LogP contribution in [0.5, 0.6) is 0 Å². The Morgan fingerprint density at radius 1 is 1.67 bits per heavy atom. The van der Waals surface area contributed by atoms with Crippen LogP contribution in [0.1, 0.15) is 12.8 Å². The van der Waals surface area contributed by atoms with Gasteiger partial charge in [-0.15, -0.1) is 6.58 Å². The zero-order chi connectivity index (χ0) is 10.9. The van der Waals surface area contributed by atoms with Crippen molar-refractivity contribution in [3.8, 4) is 0 Å². The second-order valence-electron chi connectivity index (χ2n) is 3.70. The number of carbonyl (C=O) groups is 1. The van der Waals surface area contributed by atoms with E-state index in [1.54, 1.807) is 11.8 Å². The van der Waals surface area contributed by atoms with Crippen molar-refractivity contribution in [1.29, 1.82) is 0 Å². The number of rotatable bonds is 6. The molecule has 1 aliphatic heterocycles. The first-order valence-corrected chi connectivity index (χ1v) is 6.67. The quantitative estimate of drug-likeness (QED) is 0.527. The van der Waals surface area contributed by atoms with Crippen LogP contribution in [0.25, 0.3) is 0 Å². The van der Waals surface area contributed by atoms with Crippen molar-refractivity contribution >= 4 is 17.7 Å². The van der Waals surface area contributed by atoms with Crippen molar-refractivity contribution in [1.82, 2.24) is 10.6 Å². The molecule has 0 aromatic carbocycles. The van der Waals surface area contributed by atoms with E-state index in [4.69, 9.17) is 0 Å². The van der Waals surface area contributed by atoms with E-state index in [1.165, 1.54) is 0 Å². The van der Waals surface area contributed by atoms with Crippen molar-refractivity contribution in [2.24, 2.45) is 5.92 Å². The summed E-state index contributed by atoms with van der Waals surface area (Å²) in [6, 6.07) is 0. The van der Waals surface area contributed by atoms with Gasteiger partial charge in [0.15, 0.2) is 0 Å².